The van der Waals surface area contributed by atoms with Crippen molar-refractivity contribution in [2.45, 2.75) is 20.3 Å². The minimum Gasteiger partial charge on any atom is -0.496 e. The highest BCUT2D eigenvalue weighted by atomic mass is 16.5. The Morgan fingerprint density at radius 1 is 1.31 bits per heavy atom. The maximum Gasteiger partial charge on any atom is 0.122 e. The van der Waals surface area contributed by atoms with Gasteiger partial charge >= 0.3 is 0 Å². The number of hydrogen-bond acceptors (Lipinski definition) is 2. The lowest BCUT2D eigenvalue weighted by atomic mass is 10.0. The fourth-order valence-corrected chi connectivity index (χ4v) is 1.93. The summed E-state index contributed by atoms with van der Waals surface area (Å²) in [4.78, 5) is 0. The van der Waals surface area contributed by atoms with E-state index in [4.69, 9.17) is 4.74 Å². The van der Waals surface area contributed by atoms with Crippen LogP contribution in [-0.2, 0) is 6.42 Å². The smallest absolute Gasteiger partial charge is 0.122 e. The Hall–Kier alpha value is -1.18. The Balaban J connectivity index is 2.61. The molecule has 0 unspecified atom stereocenters. The Kier molecular flexibility index (Phi) is 1.91. The molecule has 2 nitrogen and oxygen atoms in total. The number of fused-ring (bicyclic) bond motifs is 1. The number of benzene rings is 1. The van der Waals surface area contributed by atoms with Gasteiger partial charge in [0, 0.05) is 12.2 Å². The molecule has 0 aliphatic carbocycles. The second-order valence-corrected chi connectivity index (χ2v) is 3.54. The Morgan fingerprint density at radius 2 is 2.08 bits per heavy atom. The van der Waals surface area contributed by atoms with Crippen molar-refractivity contribution in [2.75, 3.05) is 19.0 Å². The van der Waals surface area contributed by atoms with Gasteiger partial charge in [0.15, 0.2) is 0 Å². The molecule has 2 rings (SSSR count). The van der Waals surface area contributed by atoms with Crippen molar-refractivity contribution in [2.24, 2.45) is 0 Å². The standard InChI is InChI=1S/C11H15NO/c1-7-8(2)11-9(4-5-12-11)6-10(7)13-3/h6,12H,4-5H2,1-3H3. The Bertz CT molecular complexity index is 344. The van der Waals surface area contributed by atoms with E-state index in [1.54, 1.807) is 7.11 Å². The highest BCUT2D eigenvalue weighted by Gasteiger charge is 2.16. The number of anilines is 1. The van der Waals surface area contributed by atoms with Crippen molar-refractivity contribution >= 4 is 5.69 Å². The molecule has 0 saturated carbocycles. The largest absolute Gasteiger partial charge is 0.496 e. The molecule has 0 fully saturated rings. The van der Waals surface area contributed by atoms with Gasteiger partial charge in [0.05, 0.1) is 7.11 Å². The molecule has 0 saturated heterocycles. The fourth-order valence-electron chi connectivity index (χ4n) is 1.93. The zero-order valence-corrected chi connectivity index (χ0v) is 8.40. The number of hydrogen-bond donors (Lipinski definition) is 1. The van der Waals surface area contributed by atoms with Crippen LogP contribution in [0.4, 0.5) is 5.69 Å². The fraction of sp³-hybridized carbons (Fsp3) is 0.455. The molecule has 70 valence electrons. The van der Waals surface area contributed by atoms with Gasteiger partial charge in [-0.2, -0.15) is 0 Å². The van der Waals surface area contributed by atoms with E-state index in [-0.39, 0.29) is 0 Å². The number of nitrogens with one attached hydrogen (secondary N) is 1. The summed E-state index contributed by atoms with van der Waals surface area (Å²) in [5.74, 6) is 1.01. The topological polar surface area (TPSA) is 21.3 Å². The van der Waals surface area contributed by atoms with E-state index < -0.39 is 0 Å². The summed E-state index contributed by atoms with van der Waals surface area (Å²) in [5, 5.41) is 3.40. The van der Waals surface area contributed by atoms with E-state index in [2.05, 4.69) is 25.2 Å². The molecule has 1 aliphatic heterocycles. The molecule has 0 bridgehead atoms. The normalized spacial score (nSPS) is 13.8. The van der Waals surface area contributed by atoms with Crippen LogP contribution in [0.2, 0.25) is 0 Å². The quantitative estimate of drug-likeness (QED) is 0.710. The average molecular weight is 177 g/mol. The zero-order chi connectivity index (χ0) is 9.42. The molecule has 0 radical (unpaired) electrons. The third-order valence-corrected chi connectivity index (χ3v) is 2.85. The Labute approximate surface area is 78.9 Å². The summed E-state index contributed by atoms with van der Waals surface area (Å²) in [6.45, 7) is 5.31. The predicted octanol–water partition coefficient (Wildman–Crippen LogP) is 2.28. The first-order chi connectivity index (χ1) is 6.24. The van der Waals surface area contributed by atoms with E-state index in [1.807, 2.05) is 0 Å². The van der Waals surface area contributed by atoms with Gasteiger partial charge in [0.25, 0.3) is 0 Å². The van der Waals surface area contributed by atoms with Gasteiger partial charge < -0.3 is 10.1 Å². The second kappa shape index (κ2) is 2.95. The summed E-state index contributed by atoms with van der Waals surface area (Å²) in [7, 11) is 1.73. The van der Waals surface area contributed by atoms with Crippen molar-refractivity contribution in [1.29, 1.82) is 0 Å². The van der Waals surface area contributed by atoms with Gasteiger partial charge in [-0.1, -0.05) is 0 Å². The molecular weight excluding hydrogens is 162 g/mol. The highest BCUT2D eigenvalue weighted by molar-refractivity contribution is 5.66. The van der Waals surface area contributed by atoms with Crippen molar-refractivity contribution in [1.82, 2.24) is 0 Å². The van der Waals surface area contributed by atoms with E-state index in [1.165, 1.54) is 22.4 Å². The van der Waals surface area contributed by atoms with Crippen LogP contribution in [0.5, 0.6) is 5.75 Å². The van der Waals surface area contributed by atoms with Crippen LogP contribution < -0.4 is 10.1 Å². The highest BCUT2D eigenvalue weighted by Crippen LogP contribution is 2.34. The van der Waals surface area contributed by atoms with Gasteiger partial charge in [-0.25, -0.2) is 0 Å². The van der Waals surface area contributed by atoms with Gasteiger partial charge in [-0.05, 0) is 43.0 Å². The van der Waals surface area contributed by atoms with Crippen LogP contribution in [0.25, 0.3) is 0 Å². The Morgan fingerprint density at radius 3 is 2.77 bits per heavy atom. The monoisotopic (exact) mass is 177 g/mol. The van der Waals surface area contributed by atoms with Gasteiger partial charge in [0.1, 0.15) is 5.75 Å². The molecular formula is C11H15NO. The summed E-state index contributed by atoms with van der Waals surface area (Å²) in [6, 6.07) is 2.15. The first-order valence-corrected chi connectivity index (χ1v) is 4.65. The van der Waals surface area contributed by atoms with Crippen molar-refractivity contribution in [3.05, 3.63) is 22.8 Å². The van der Waals surface area contributed by atoms with Gasteiger partial charge in [-0.3, -0.25) is 0 Å². The second-order valence-electron chi connectivity index (χ2n) is 3.54. The molecule has 2 heteroatoms. The third-order valence-electron chi connectivity index (χ3n) is 2.85. The first kappa shape index (κ1) is 8.42. The number of methoxy groups -OCH3 is 1. The van der Waals surface area contributed by atoms with E-state index in [0.29, 0.717) is 0 Å². The lowest BCUT2D eigenvalue weighted by Crippen LogP contribution is -1.96. The summed E-state index contributed by atoms with van der Waals surface area (Å²) < 4.78 is 5.32. The third kappa shape index (κ3) is 1.17. The van der Waals surface area contributed by atoms with Crippen molar-refractivity contribution in [3.63, 3.8) is 0 Å². The number of ether oxygens (including phenoxy) is 1. The van der Waals surface area contributed by atoms with E-state index in [9.17, 15) is 0 Å². The maximum atomic E-state index is 5.32. The molecule has 1 aliphatic rings. The first-order valence-electron chi connectivity index (χ1n) is 4.65. The van der Waals surface area contributed by atoms with Crippen molar-refractivity contribution < 1.29 is 4.74 Å². The van der Waals surface area contributed by atoms with Crippen LogP contribution in [0.15, 0.2) is 6.07 Å². The maximum absolute atomic E-state index is 5.32. The average Bonchev–Trinajstić information content (AvgIpc) is 2.59. The zero-order valence-electron chi connectivity index (χ0n) is 8.40. The van der Waals surface area contributed by atoms with Gasteiger partial charge in [-0.15, -0.1) is 0 Å². The SMILES string of the molecule is COc1cc2c(c(C)c1C)NCC2. The molecule has 0 amide bonds. The van der Waals surface area contributed by atoms with E-state index in [0.717, 1.165) is 18.7 Å². The number of rotatable bonds is 1. The van der Waals surface area contributed by atoms with Crippen LogP contribution in [0.1, 0.15) is 16.7 Å². The molecule has 1 N–H and O–H groups in total. The predicted molar refractivity (Wildman–Crippen MR) is 54.7 cm³/mol. The molecule has 1 heterocycles. The lowest BCUT2D eigenvalue weighted by molar-refractivity contribution is 0.411. The van der Waals surface area contributed by atoms with Crippen LogP contribution in [0, 0.1) is 13.8 Å². The summed E-state index contributed by atoms with van der Waals surface area (Å²) in [6.07, 6.45) is 1.12. The molecule has 0 atom stereocenters. The van der Waals surface area contributed by atoms with Gasteiger partial charge in [0.2, 0.25) is 0 Å². The van der Waals surface area contributed by atoms with Crippen LogP contribution in [-0.4, -0.2) is 13.7 Å². The summed E-state index contributed by atoms with van der Waals surface area (Å²) >= 11 is 0. The minimum atomic E-state index is 1.01. The lowest BCUT2D eigenvalue weighted by Gasteiger charge is -2.12. The molecule has 0 aromatic heterocycles. The molecule has 1 aromatic carbocycles. The van der Waals surface area contributed by atoms with E-state index >= 15 is 0 Å². The van der Waals surface area contributed by atoms with Crippen LogP contribution >= 0.6 is 0 Å². The summed E-state index contributed by atoms with van der Waals surface area (Å²) in [5.41, 5.74) is 5.28. The molecule has 1 aromatic rings. The molecule has 13 heavy (non-hydrogen) atoms. The van der Waals surface area contributed by atoms with Crippen LogP contribution in [0.3, 0.4) is 0 Å². The molecule has 0 spiro atoms. The minimum absolute atomic E-state index is 1.01. The van der Waals surface area contributed by atoms with Crippen molar-refractivity contribution in [3.8, 4) is 5.75 Å².